The number of aliphatic hydroxyl groups excluding tert-OH is 1. The maximum absolute atomic E-state index is 12.9. The smallest absolute Gasteiger partial charge is 0.254 e. The van der Waals surface area contributed by atoms with E-state index in [9.17, 15) is 14.7 Å². The number of nitrogens with one attached hydrogen (secondary N) is 1. The normalized spacial score (nSPS) is 19.2. The van der Waals surface area contributed by atoms with Gasteiger partial charge in [-0.05, 0) is 30.9 Å². The highest BCUT2D eigenvalue weighted by Gasteiger charge is 2.28. The van der Waals surface area contributed by atoms with E-state index in [0.717, 1.165) is 31.2 Å². The van der Waals surface area contributed by atoms with E-state index in [-0.39, 0.29) is 17.5 Å². The van der Waals surface area contributed by atoms with E-state index in [2.05, 4.69) is 4.98 Å². The molecule has 2 unspecified atom stereocenters. The summed E-state index contributed by atoms with van der Waals surface area (Å²) in [7, 11) is 0. The number of aromatic nitrogens is 1. The van der Waals surface area contributed by atoms with Crippen LogP contribution in [-0.2, 0) is 0 Å². The molecular formula is C20H24N2O3. The quantitative estimate of drug-likeness (QED) is 0.899. The highest BCUT2D eigenvalue weighted by Crippen LogP contribution is 2.27. The number of carbonyl (C=O) groups is 1. The van der Waals surface area contributed by atoms with Crippen molar-refractivity contribution in [2.45, 2.75) is 44.2 Å². The summed E-state index contributed by atoms with van der Waals surface area (Å²) >= 11 is 0. The second-order valence-corrected chi connectivity index (χ2v) is 6.61. The Morgan fingerprint density at radius 1 is 1.20 bits per heavy atom. The third-order valence-corrected chi connectivity index (χ3v) is 4.84. The summed E-state index contributed by atoms with van der Waals surface area (Å²) in [5.74, 6) is -0.127. The lowest BCUT2D eigenvalue weighted by atomic mass is 9.97. The number of hydrogen-bond acceptors (Lipinski definition) is 3. The van der Waals surface area contributed by atoms with Crippen molar-refractivity contribution in [1.29, 1.82) is 0 Å². The molecule has 5 nitrogen and oxygen atoms in total. The Labute approximate surface area is 147 Å². The molecular weight excluding hydrogens is 316 g/mol. The molecule has 2 heterocycles. The van der Waals surface area contributed by atoms with Crippen LogP contribution in [0.4, 0.5) is 0 Å². The molecule has 132 valence electrons. The fraction of sp³-hybridized carbons (Fsp3) is 0.400. The molecule has 2 N–H and O–H groups in total. The van der Waals surface area contributed by atoms with Gasteiger partial charge in [-0.15, -0.1) is 0 Å². The second kappa shape index (κ2) is 8.12. The Balaban J connectivity index is 1.79. The van der Waals surface area contributed by atoms with Gasteiger partial charge in [0.05, 0.1) is 6.10 Å². The Hall–Kier alpha value is -2.40. The molecule has 1 saturated heterocycles. The van der Waals surface area contributed by atoms with Crippen LogP contribution in [0.1, 0.15) is 54.1 Å². The molecule has 1 aromatic heterocycles. The van der Waals surface area contributed by atoms with Crippen LogP contribution in [0.25, 0.3) is 0 Å². The van der Waals surface area contributed by atoms with E-state index in [1.807, 2.05) is 35.2 Å². The minimum atomic E-state index is -0.598. The molecule has 1 aliphatic rings. The van der Waals surface area contributed by atoms with Crippen LogP contribution in [0.15, 0.2) is 53.5 Å². The number of aliphatic hydroxyl groups is 1. The third-order valence-electron chi connectivity index (χ3n) is 4.84. The van der Waals surface area contributed by atoms with Gasteiger partial charge in [-0.1, -0.05) is 43.2 Å². The summed E-state index contributed by atoms with van der Waals surface area (Å²) in [6.45, 7) is 0.664. The number of carbonyl (C=O) groups excluding carboxylic acids is 1. The topological polar surface area (TPSA) is 73.4 Å². The van der Waals surface area contributed by atoms with Crippen molar-refractivity contribution in [1.82, 2.24) is 9.88 Å². The molecule has 1 fully saturated rings. The fourth-order valence-corrected chi connectivity index (χ4v) is 3.50. The zero-order valence-electron chi connectivity index (χ0n) is 14.2. The highest BCUT2D eigenvalue weighted by atomic mass is 16.3. The van der Waals surface area contributed by atoms with E-state index in [1.54, 1.807) is 6.07 Å². The van der Waals surface area contributed by atoms with E-state index in [1.165, 1.54) is 12.3 Å². The van der Waals surface area contributed by atoms with Gasteiger partial charge in [-0.2, -0.15) is 0 Å². The standard InChI is InChI=1S/C20H24N2O3/c23-18(15-7-3-1-4-8-15)14-17-9-5-2-6-12-22(17)20(25)16-10-11-21-19(24)13-16/h1,3-4,7-8,10-11,13,17-18,23H,2,5-6,9,12,14H2,(H,21,24). The van der Waals surface area contributed by atoms with Crippen LogP contribution in [0.3, 0.4) is 0 Å². The monoisotopic (exact) mass is 340 g/mol. The number of hydrogen-bond donors (Lipinski definition) is 2. The Bertz CT molecular complexity index is 757. The fourth-order valence-electron chi connectivity index (χ4n) is 3.50. The lowest BCUT2D eigenvalue weighted by Gasteiger charge is -2.31. The molecule has 0 radical (unpaired) electrons. The van der Waals surface area contributed by atoms with Crippen LogP contribution < -0.4 is 5.56 Å². The van der Waals surface area contributed by atoms with E-state index in [4.69, 9.17) is 0 Å². The number of rotatable bonds is 4. The van der Waals surface area contributed by atoms with Crippen LogP contribution in [0.5, 0.6) is 0 Å². The van der Waals surface area contributed by atoms with Gasteiger partial charge in [-0.3, -0.25) is 9.59 Å². The molecule has 0 spiro atoms. The summed E-state index contributed by atoms with van der Waals surface area (Å²) in [5, 5.41) is 10.6. The zero-order valence-corrected chi connectivity index (χ0v) is 14.2. The molecule has 5 heteroatoms. The van der Waals surface area contributed by atoms with Crippen LogP contribution in [0.2, 0.25) is 0 Å². The Kier molecular flexibility index (Phi) is 5.66. The first-order valence-electron chi connectivity index (χ1n) is 8.88. The zero-order chi connectivity index (χ0) is 17.6. The van der Waals surface area contributed by atoms with Crippen molar-refractivity contribution in [3.05, 3.63) is 70.1 Å². The highest BCUT2D eigenvalue weighted by molar-refractivity contribution is 5.94. The summed E-state index contributed by atoms with van der Waals surface area (Å²) in [6, 6.07) is 12.5. The first kappa shape index (κ1) is 17.4. The maximum Gasteiger partial charge on any atom is 0.254 e. The molecule has 1 amide bonds. The number of H-pyrrole nitrogens is 1. The minimum Gasteiger partial charge on any atom is -0.388 e. The van der Waals surface area contributed by atoms with Crippen molar-refractivity contribution >= 4 is 5.91 Å². The van der Waals surface area contributed by atoms with Crippen molar-refractivity contribution in [2.24, 2.45) is 0 Å². The largest absolute Gasteiger partial charge is 0.388 e. The number of likely N-dealkylation sites (tertiary alicyclic amines) is 1. The molecule has 25 heavy (non-hydrogen) atoms. The molecule has 0 saturated carbocycles. The SMILES string of the molecule is O=C(c1cc[nH]c(=O)c1)N1CCCCCC1CC(O)c1ccccc1. The number of pyridine rings is 1. The summed E-state index contributed by atoms with van der Waals surface area (Å²) in [5.41, 5.74) is 1.00. The molecule has 2 aromatic rings. The van der Waals surface area contributed by atoms with E-state index >= 15 is 0 Å². The predicted molar refractivity (Wildman–Crippen MR) is 96.4 cm³/mol. The van der Waals surface area contributed by atoms with Gasteiger partial charge in [0.2, 0.25) is 5.56 Å². The van der Waals surface area contributed by atoms with Gasteiger partial charge in [0.1, 0.15) is 0 Å². The number of nitrogens with zero attached hydrogens (tertiary/aromatic N) is 1. The summed E-state index contributed by atoms with van der Waals surface area (Å²) < 4.78 is 0. The van der Waals surface area contributed by atoms with Crippen LogP contribution >= 0.6 is 0 Å². The molecule has 0 bridgehead atoms. The molecule has 0 aliphatic carbocycles. The predicted octanol–water partition coefficient (Wildman–Crippen LogP) is 2.88. The number of benzene rings is 1. The summed E-state index contributed by atoms with van der Waals surface area (Å²) in [4.78, 5) is 28.8. The Morgan fingerprint density at radius 3 is 2.76 bits per heavy atom. The van der Waals surface area contributed by atoms with Crippen molar-refractivity contribution < 1.29 is 9.90 Å². The maximum atomic E-state index is 12.9. The van der Waals surface area contributed by atoms with Crippen LogP contribution in [0, 0.1) is 0 Å². The second-order valence-electron chi connectivity index (χ2n) is 6.61. The Morgan fingerprint density at radius 2 is 2.00 bits per heavy atom. The van der Waals surface area contributed by atoms with Gasteiger partial charge in [0.25, 0.3) is 5.91 Å². The molecule has 3 rings (SSSR count). The lowest BCUT2D eigenvalue weighted by molar-refractivity contribution is 0.0587. The average molecular weight is 340 g/mol. The number of amides is 1. The minimum absolute atomic E-state index is 0.0236. The summed E-state index contributed by atoms with van der Waals surface area (Å²) in [6.07, 6.45) is 5.37. The molecule has 1 aliphatic heterocycles. The first-order valence-corrected chi connectivity index (χ1v) is 8.88. The molecule has 2 atom stereocenters. The van der Waals surface area contributed by atoms with Crippen molar-refractivity contribution in [3.63, 3.8) is 0 Å². The van der Waals surface area contributed by atoms with Crippen molar-refractivity contribution in [2.75, 3.05) is 6.54 Å². The van der Waals surface area contributed by atoms with E-state index < -0.39 is 6.10 Å². The van der Waals surface area contributed by atoms with E-state index in [0.29, 0.717) is 18.5 Å². The van der Waals surface area contributed by atoms with Crippen molar-refractivity contribution in [3.8, 4) is 0 Å². The lowest BCUT2D eigenvalue weighted by Crippen LogP contribution is -2.41. The third kappa shape index (κ3) is 4.37. The molecule has 1 aromatic carbocycles. The van der Waals surface area contributed by atoms with Gasteiger partial charge < -0.3 is 15.0 Å². The average Bonchev–Trinajstić information content (AvgIpc) is 2.87. The van der Waals surface area contributed by atoms with Gasteiger partial charge in [-0.25, -0.2) is 0 Å². The first-order chi connectivity index (χ1) is 12.1. The van der Waals surface area contributed by atoms with Crippen LogP contribution in [-0.4, -0.2) is 33.5 Å². The van der Waals surface area contributed by atoms with Gasteiger partial charge in [0.15, 0.2) is 0 Å². The van der Waals surface area contributed by atoms with Gasteiger partial charge >= 0.3 is 0 Å². The number of aromatic amines is 1. The van der Waals surface area contributed by atoms with Gasteiger partial charge in [0, 0.05) is 30.4 Å².